The van der Waals surface area contributed by atoms with Gasteiger partial charge in [0.2, 0.25) is 5.91 Å². The largest absolute Gasteiger partial charge is 0.497 e. The molecule has 0 aliphatic heterocycles. The van der Waals surface area contributed by atoms with Gasteiger partial charge in [-0.1, -0.05) is 12.1 Å². The molecular formula is C21H22N2O4. The molecule has 6 heteroatoms. The summed E-state index contributed by atoms with van der Waals surface area (Å²) in [6.45, 7) is 5.77. The Hall–Kier alpha value is -3.28. The van der Waals surface area contributed by atoms with Crippen molar-refractivity contribution in [1.29, 1.82) is 0 Å². The number of aryl methyl sites for hydroxylation is 2. The minimum atomic E-state index is -0.388. The Morgan fingerprint density at radius 3 is 2.59 bits per heavy atom. The molecule has 27 heavy (non-hydrogen) atoms. The van der Waals surface area contributed by atoms with E-state index in [1.54, 1.807) is 25.3 Å². The number of anilines is 2. The summed E-state index contributed by atoms with van der Waals surface area (Å²) in [4.78, 5) is 23.5. The number of ether oxygens (including phenoxy) is 1. The number of amides is 1. The topological polar surface area (TPSA) is 80.6 Å². The van der Waals surface area contributed by atoms with Gasteiger partial charge in [0.15, 0.2) is 0 Å². The summed E-state index contributed by atoms with van der Waals surface area (Å²) in [6, 6.07) is 10.8. The van der Waals surface area contributed by atoms with E-state index < -0.39 is 0 Å². The zero-order chi connectivity index (χ0) is 19.6. The predicted octanol–water partition coefficient (Wildman–Crippen LogP) is 3.99. The van der Waals surface area contributed by atoms with Crippen molar-refractivity contribution in [3.8, 4) is 5.75 Å². The number of rotatable bonds is 5. The van der Waals surface area contributed by atoms with Crippen LogP contribution in [0.5, 0.6) is 5.75 Å². The lowest BCUT2D eigenvalue weighted by molar-refractivity contribution is -0.114. The van der Waals surface area contributed by atoms with E-state index in [-0.39, 0.29) is 11.5 Å². The second-order valence-corrected chi connectivity index (χ2v) is 6.42. The second-order valence-electron chi connectivity index (χ2n) is 6.42. The first-order chi connectivity index (χ1) is 12.9. The number of carbonyl (C=O) groups is 1. The van der Waals surface area contributed by atoms with Crippen molar-refractivity contribution in [2.24, 2.45) is 0 Å². The van der Waals surface area contributed by atoms with Crippen LogP contribution in [0, 0.1) is 13.8 Å². The molecule has 0 aliphatic carbocycles. The van der Waals surface area contributed by atoms with E-state index >= 15 is 0 Å². The fourth-order valence-corrected chi connectivity index (χ4v) is 2.96. The summed E-state index contributed by atoms with van der Waals surface area (Å²) in [6.07, 6.45) is 0. The Balaban J connectivity index is 1.99. The molecule has 0 bridgehead atoms. The van der Waals surface area contributed by atoms with E-state index in [2.05, 4.69) is 10.6 Å². The summed E-state index contributed by atoms with van der Waals surface area (Å²) in [5.74, 6) is 0.496. The van der Waals surface area contributed by atoms with Crippen molar-refractivity contribution in [1.82, 2.24) is 0 Å². The molecule has 0 radical (unpaired) electrons. The van der Waals surface area contributed by atoms with Gasteiger partial charge in [-0.15, -0.1) is 0 Å². The van der Waals surface area contributed by atoms with Crippen molar-refractivity contribution in [2.45, 2.75) is 27.3 Å². The molecule has 0 atom stereocenters. The first-order valence-corrected chi connectivity index (χ1v) is 8.61. The van der Waals surface area contributed by atoms with Crippen LogP contribution in [0.25, 0.3) is 11.0 Å². The van der Waals surface area contributed by atoms with Gasteiger partial charge in [0.05, 0.1) is 18.5 Å². The van der Waals surface area contributed by atoms with E-state index in [0.29, 0.717) is 29.3 Å². The normalized spacial score (nSPS) is 10.7. The van der Waals surface area contributed by atoms with Gasteiger partial charge in [0, 0.05) is 31.0 Å². The molecule has 0 fully saturated rings. The van der Waals surface area contributed by atoms with E-state index in [1.165, 1.54) is 13.0 Å². The highest BCUT2D eigenvalue weighted by molar-refractivity contribution is 5.93. The van der Waals surface area contributed by atoms with Crippen LogP contribution in [0.3, 0.4) is 0 Å². The number of hydrogen-bond acceptors (Lipinski definition) is 5. The van der Waals surface area contributed by atoms with Gasteiger partial charge < -0.3 is 19.8 Å². The molecule has 1 amide bonds. The molecule has 0 aliphatic rings. The molecular weight excluding hydrogens is 344 g/mol. The standard InChI is InChI=1S/C21H22N2O4/c1-12-5-7-17-15(9-20(25)27-21(17)13(12)2)11-22-19-10-16(26-4)6-8-18(19)23-14(3)24/h5-10,22H,11H2,1-4H3,(H,23,24). The highest BCUT2D eigenvalue weighted by Crippen LogP contribution is 2.29. The number of benzene rings is 2. The van der Waals surface area contributed by atoms with Crippen molar-refractivity contribution in [3.05, 3.63) is 63.5 Å². The molecule has 0 spiro atoms. The van der Waals surface area contributed by atoms with Crippen LogP contribution in [0.15, 0.2) is 45.6 Å². The van der Waals surface area contributed by atoms with Gasteiger partial charge >= 0.3 is 5.63 Å². The van der Waals surface area contributed by atoms with E-state index in [0.717, 1.165) is 22.1 Å². The van der Waals surface area contributed by atoms with E-state index in [1.807, 2.05) is 26.0 Å². The Morgan fingerprint density at radius 2 is 1.89 bits per heavy atom. The Bertz CT molecular complexity index is 1070. The molecule has 0 saturated carbocycles. The maximum absolute atomic E-state index is 12.0. The summed E-state index contributed by atoms with van der Waals surface area (Å²) < 4.78 is 10.7. The third kappa shape index (κ3) is 3.95. The Labute approximate surface area is 157 Å². The highest BCUT2D eigenvalue weighted by Gasteiger charge is 2.11. The number of fused-ring (bicyclic) bond motifs is 1. The fourth-order valence-electron chi connectivity index (χ4n) is 2.96. The molecule has 1 heterocycles. The third-order valence-electron chi connectivity index (χ3n) is 4.52. The maximum Gasteiger partial charge on any atom is 0.336 e. The van der Waals surface area contributed by atoms with Crippen LogP contribution in [0.4, 0.5) is 11.4 Å². The third-order valence-corrected chi connectivity index (χ3v) is 4.52. The predicted molar refractivity (Wildman–Crippen MR) is 107 cm³/mol. The quantitative estimate of drug-likeness (QED) is 0.668. The number of nitrogens with one attached hydrogen (secondary N) is 2. The molecule has 3 rings (SSSR count). The van der Waals surface area contributed by atoms with Crippen molar-refractivity contribution in [2.75, 3.05) is 17.7 Å². The lowest BCUT2D eigenvalue weighted by Gasteiger charge is -2.15. The van der Waals surface area contributed by atoms with Gasteiger partial charge in [-0.3, -0.25) is 4.79 Å². The van der Waals surface area contributed by atoms with Gasteiger partial charge in [0.1, 0.15) is 11.3 Å². The second kappa shape index (κ2) is 7.53. The van der Waals surface area contributed by atoms with Crippen LogP contribution in [-0.2, 0) is 11.3 Å². The molecule has 2 aromatic carbocycles. The minimum absolute atomic E-state index is 0.167. The Kier molecular flexibility index (Phi) is 5.16. The van der Waals surface area contributed by atoms with Gasteiger partial charge in [-0.2, -0.15) is 0 Å². The zero-order valence-corrected chi connectivity index (χ0v) is 15.8. The van der Waals surface area contributed by atoms with Crippen LogP contribution >= 0.6 is 0 Å². The van der Waals surface area contributed by atoms with E-state index in [9.17, 15) is 9.59 Å². The first-order valence-electron chi connectivity index (χ1n) is 8.61. The zero-order valence-electron chi connectivity index (χ0n) is 15.8. The fraction of sp³-hybridized carbons (Fsp3) is 0.238. The highest BCUT2D eigenvalue weighted by atomic mass is 16.5. The van der Waals surface area contributed by atoms with Crippen molar-refractivity contribution in [3.63, 3.8) is 0 Å². The summed E-state index contributed by atoms with van der Waals surface area (Å²) >= 11 is 0. The van der Waals surface area contributed by atoms with Crippen molar-refractivity contribution < 1.29 is 13.9 Å². The minimum Gasteiger partial charge on any atom is -0.497 e. The SMILES string of the molecule is COc1ccc(NC(C)=O)c(NCc2cc(=O)oc3c(C)c(C)ccc23)c1. The lowest BCUT2D eigenvalue weighted by Crippen LogP contribution is -2.11. The average molecular weight is 366 g/mol. The molecule has 0 saturated heterocycles. The molecule has 0 unspecified atom stereocenters. The van der Waals surface area contributed by atoms with Crippen LogP contribution < -0.4 is 21.0 Å². The number of carbonyl (C=O) groups excluding carboxylic acids is 1. The van der Waals surface area contributed by atoms with Crippen LogP contribution in [0.2, 0.25) is 0 Å². The first kappa shape index (κ1) is 18.5. The average Bonchev–Trinajstić information content (AvgIpc) is 2.63. The number of hydrogen-bond donors (Lipinski definition) is 2. The maximum atomic E-state index is 12.0. The summed E-state index contributed by atoms with van der Waals surface area (Å²) in [7, 11) is 1.58. The van der Waals surface area contributed by atoms with Crippen LogP contribution in [0.1, 0.15) is 23.6 Å². The molecule has 3 aromatic rings. The van der Waals surface area contributed by atoms with E-state index in [4.69, 9.17) is 9.15 Å². The van der Waals surface area contributed by atoms with Crippen LogP contribution in [-0.4, -0.2) is 13.0 Å². The monoisotopic (exact) mass is 366 g/mol. The smallest absolute Gasteiger partial charge is 0.336 e. The van der Waals surface area contributed by atoms with Gasteiger partial charge in [-0.25, -0.2) is 4.79 Å². The molecule has 6 nitrogen and oxygen atoms in total. The number of methoxy groups -OCH3 is 1. The molecule has 1 aromatic heterocycles. The molecule has 2 N–H and O–H groups in total. The summed E-state index contributed by atoms with van der Waals surface area (Å²) in [5.41, 5.74) is 4.40. The molecule has 140 valence electrons. The van der Waals surface area contributed by atoms with Crippen molar-refractivity contribution >= 4 is 28.3 Å². The lowest BCUT2D eigenvalue weighted by atomic mass is 10.0. The Morgan fingerprint density at radius 1 is 1.11 bits per heavy atom. The summed E-state index contributed by atoms with van der Waals surface area (Å²) in [5, 5.41) is 6.96. The van der Waals surface area contributed by atoms with Gasteiger partial charge in [-0.05, 0) is 42.7 Å². The van der Waals surface area contributed by atoms with Gasteiger partial charge in [0.25, 0.3) is 0 Å².